The van der Waals surface area contributed by atoms with Crippen molar-refractivity contribution in [1.82, 2.24) is 4.98 Å². The highest BCUT2D eigenvalue weighted by Crippen LogP contribution is 2.26. The third kappa shape index (κ3) is 4.36. The van der Waals surface area contributed by atoms with Crippen molar-refractivity contribution < 1.29 is 9.90 Å². The monoisotopic (exact) mass is 347 g/mol. The van der Waals surface area contributed by atoms with Gasteiger partial charge in [-0.05, 0) is 49.1 Å². The van der Waals surface area contributed by atoms with E-state index in [-0.39, 0.29) is 11.9 Å². The molecule has 0 bridgehead atoms. The maximum atomic E-state index is 12.2. The van der Waals surface area contributed by atoms with Gasteiger partial charge in [-0.2, -0.15) is 0 Å². The number of Topliss-reactive ketones (excluding diaryl/α,β-unsaturated/α-hetero) is 1. The Kier molecular flexibility index (Phi) is 5.79. The summed E-state index contributed by atoms with van der Waals surface area (Å²) in [4.78, 5) is 16.9. The Balaban J connectivity index is 1.83. The Bertz CT molecular complexity index is 903. The maximum absolute atomic E-state index is 12.2. The average molecular weight is 347 g/mol. The summed E-state index contributed by atoms with van der Waals surface area (Å²) < 4.78 is 0. The Morgan fingerprint density at radius 1 is 1.12 bits per heavy atom. The van der Waals surface area contributed by atoms with Crippen molar-refractivity contribution in [2.75, 3.05) is 0 Å². The normalized spacial score (nSPS) is 12.3. The first-order valence-corrected chi connectivity index (χ1v) is 9.22. The number of aryl methyl sites for hydroxylation is 1. The van der Waals surface area contributed by atoms with Crippen LogP contribution in [0.5, 0.6) is 0 Å². The van der Waals surface area contributed by atoms with E-state index in [0.29, 0.717) is 25.7 Å². The second-order valence-electron chi connectivity index (χ2n) is 6.83. The van der Waals surface area contributed by atoms with Gasteiger partial charge in [0.1, 0.15) is 5.78 Å². The van der Waals surface area contributed by atoms with Crippen molar-refractivity contribution in [3.63, 3.8) is 0 Å². The first-order chi connectivity index (χ1) is 12.6. The highest BCUT2D eigenvalue weighted by atomic mass is 16.3. The maximum Gasteiger partial charge on any atom is 0.137 e. The first-order valence-electron chi connectivity index (χ1n) is 9.22. The summed E-state index contributed by atoms with van der Waals surface area (Å²) in [6, 6.07) is 18.4. The Morgan fingerprint density at radius 2 is 1.88 bits per heavy atom. The molecule has 1 aromatic heterocycles. The summed E-state index contributed by atoms with van der Waals surface area (Å²) in [6.45, 7) is 3.95. The van der Waals surface area contributed by atoms with Crippen LogP contribution in [0.4, 0.5) is 0 Å². The van der Waals surface area contributed by atoms with Crippen LogP contribution in [0.2, 0.25) is 0 Å². The molecule has 0 fully saturated rings. The first kappa shape index (κ1) is 18.3. The molecule has 3 rings (SSSR count). The second kappa shape index (κ2) is 8.24. The van der Waals surface area contributed by atoms with Crippen LogP contribution >= 0.6 is 0 Å². The number of aromatic nitrogens is 1. The smallest absolute Gasteiger partial charge is 0.137 e. The Morgan fingerprint density at radius 3 is 2.62 bits per heavy atom. The van der Waals surface area contributed by atoms with Crippen molar-refractivity contribution in [1.29, 1.82) is 0 Å². The van der Waals surface area contributed by atoms with E-state index < -0.39 is 0 Å². The lowest BCUT2D eigenvalue weighted by Gasteiger charge is -2.10. The number of aliphatic hydroxyl groups excluding tert-OH is 1. The molecule has 1 heterocycles. The van der Waals surface area contributed by atoms with Gasteiger partial charge in [-0.25, -0.2) is 0 Å². The Labute approximate surface area is 154 Å². The molecule has 0 radical (unpaired) electrons. The number of pyridine rings is 1. The summed E-state index contributed by atoms with van der Waals surface area (Å²) in [5, 5.41) is 10.7. The van der Waals surface area contributed by atoms with E-state index in [0.717, 1.165) is 33.3 Å². The molecule has 1 atom stereocenters. The van der Waals surface area contributed by atoms with Gasteiger partial charge in [0.2, 0.25) is 0 Å². The summed E-state index contributed by atoms with van der Waals surface area (Å²) >= 11 is 0. The molecule has 134 valence electrons. The number of fused-ring (bicyclic) bond motifs is 1. The zero-order valence-corrected chi connectivity index (χ0v) is 15.4. The van der Waals surface area contributed by atoms with Gasteiger partial charge in [-0.3, -0.25) is 9.78 Å². The van der Waals surface area contributed by atoms with E-state index in [4.69, 9.17) is 4.98 Å². The van der Waals surface area contributed by atoms with Crippen LogP contribution in [-0.2, 0) is 11.2 Å². The van der Waals surface area contributed by atoms with Crippen LogP contribution in [0, 0.1) is 6.92 Å². The summed E-state index contributed by atoms with van der Waals surface area (Å²) in [6.07, 6.45) is 1.68. The van der Waals surface area contributed by atoms with Crippen molar-refractivity contribution in [2.24, 2.45) is 0 Å². The van der Waals surface area contributed by atoms with Crippen LogP contribution in [-0.4, -0.2) is 22.0 Å². The van der Waals surface area contributed by atoms with Crippen LogP contribution in [0.1, 0.15) is 37.4 Å². The van der Waals surface area contributed by atoms with Gasteiger partial charge < -0.3 is 5.11 Å². The molecule has 0 aliphatic heterocycles. The highest BCUT2D eigenvalue weighted by Gasteiger charge is 2.10. The van der Waals surface area contributed by atoms with Crippen LogP contribution in [0.3, 0.4) is 0 Å². The van der Waals surface area contributed by atoms with Crippen LogP contribution in [0.25, 0.3) is 22.0 Å². The molecule has 0 spiro atoms. The number of benzene rings is 2. The topological polar surface area (TPSA) is 50.2 Å². The van der Waals surface area contributed by atoms with Gasteiger partial charge in [0.15, 0.2) is 0 Å². The fraction of sp³-hybridized carbons (Fsp3) is 0.304. The van der Waals surface area contributed by atoms with E-state index >= 15 is 0 Å². The zero-order chi connectivity index (χ0) is 18.5. The number of nitrogens with zero attached hydrogens (tertiary/aromatic N) is 1. The molecule has 3 aromatic rings. The average Bonchev–Trinajstić information content (AvgIpc) is 2.66. The molecule has 3 heteroatoms. The van der Waals surface area contributed by atoms with E-state index in [1.165, 1.54) is 0 Å². The summed E-state index contributed by atoms with van der Waals surface area (Å²) in [5.41, 5.74) is 5.21. The molecule has 0 aliphatic rings. The Hall–Kier alpha value is -2.52. The molecular formula is C23H25NO2. The minimum atomic E-state index is -0.379. The highest BCUT2D eigenvalue weighted by molar-refractivity contribution is 5.87. The third-order valence-corrected chi connectivity index (χ3v) is 4.78. The number of hydrogen-bond acceptors (Lipinski definition) is 3. The van der Waals surface area contributed by atoms with E-state index in [9.17, 15) is 9.90 Å². The van der Waals surface area contributed by atoms with Crippen molar-refractivity contribution >= 4 is 16.7 Å². The number of rotatable bonds is 7. The predicted molar refractivity (Wildman–Crippen MR) is 106 cm³/mol. The van der Waals surface area contributed by atoms with Crippen molar-refractivity contribution in [2.45, 2.75) is 45.6 Å². The van der Waals surface area contributed by atoms with Gasteiger partial charge in [0, 0.05) is 29.5 Å². The van der Waals surface area contributed by atoms with Crippen molar-refractivity contribution in [3.8, 4) is 11.1 Å². The van der Waals surface area contributed by atoms with E-state index in [1.807, 2.05) is 44.2 Å². The van der Waals surface area contributed by atoms with Crippen LogP contribution in [0.15, 0.2) is 54.6 Å². The zero-order valence-electron chi connectivity index (χ0n) is 15.4. The molecule has 0 amide bonds. The fourth-order valence-corrected chi connectivity index (χ4v) is 3.19. The van der Waals surface area contributed by atoms with E-state index in [1.54, 1.807) is 0 Å². The molecule has 1 N–H and O–H groups in total. The van der Waals surface area contributed by atoms with Crippen LogP contribution < -0.4 is 0 Å². The van der Waals surface area contributed by atoms with E-state index in [2.05, 4.69) is 24.3 Å². The molecule has 2 aromatic carbocycles. The fourth-order valence-electron chi connectivity index (χ4n) is 3.19. The molecule has 26 heavy (non-hydrogen) atoms. The van der Waals surface area contributed by atoms with Gasteiger partial charge >= 0.3 is 0 Å². The predicted octanol–water partition coefficient (Wildman–Crippen LogP) is 4.87. The lowest BCUT2D eigenvalue weighted by Crippen LogP contribution is -2.10. The standard InChI is InChI=1S/C23H25NO2/c1-3-20(25)10-11-21(26)14-17-9-12-23-19(13-17)15-22(16(2)24-23)18-7-5-4-6-8-18/h4-9,12-13,15,20,25H,3,10-11,14H2,1-2H3/t20-/m1/s1. The lowest BCUT2D eigenvalue weighted by molar-refractivity contribution is -0.119. The largest absolute Gasteiger partial charge is 0.393 e. The third-order valence-electron chi connectivity index (χ3n) is 4.78. The summed E-state index contributed by atoms with van der Waals surface area (Å²) in [7, 11) is 0. The molecule has 0 unspecified atom stereocenters. The second-order valence-corrected chi connectivity index (χ2v) is 6.83. The molecule has 3 nitrogen and oxygen atoms in total. The molecule has 0 saturated carbocycles. The number of ketones is 1. The molecule has 0 aliphatic carbocycles. The minimum absolute atomic E-state index is 0.167. The SMILES string of the molecule is CC[C@@H](O)CCC(=O)Cc1ccc2nc(C)c(-c3ccccc3)cc2c1. The minimum Gasteiger partial charge on any atom is -0.393 e. The number of carbonyl (C=O) groups excluding carboxylic acids is 1. The number of carbonyl (C=O) groups is 1. The van der Waals surface area contributed by atoms with Crippen molar-refractivity contribution in [3.05, 3.63) is 65.9 Å². The molecular weight excluding hydrogens is 322 g/mol. The lowest BCUT2D eigenvalue weighted by atomic mass is 9.99. The van der Waals surface area contributed by atoms with Gasteiger partial charge in [-0.1, -0.05) is 43.3 Å². The van der Waals surface area contributed by atoms with Gasteiger partial charge in [-0.15, -0.1) is 0 Å². The van der Waals surface area contributed by atoms with Gasteiger partial charge in [0.25, 0.3) is 0 Å². The molecule has 0 saturated heterocycles. The van der Waals surface area contributed by atoms with Gasteiger partial charge in [0.05, 0.1) is 11.6 Å². The summed E-state index contributed by atoms with van der Waals surface area (Å²) in [5.74, 6) is 0.167. The number of hydrogen-bond donors (Lipinski definition) is 1. The quantitative estimate of drug-likeness (QED) is 0.663. The number of aliphatic hydroxyl groups is 1.